The topological polar surface area (TPSA) is 127 Å². The molecule has 0 atom stereocenters. The minimum absolute atomic E-state index is 0.0245. The number of nitro groups is 1. The molecule has 2 N–H and O–H groups in total. The molecule has 0 aliphatic rings. The first-order chi connectivity index (χ1) is 9.97. The summed E-state index contributed by atoms with van der Waals surface area (Å²) in [6, 6.07) is 6.35. The predicted octanol–water partition coefficient (Wildman–Crippen LogP) is 0.966. The Balaban J connectivity index is 1.95. The van der Waals surface area contributed by atoms with Gasteiger partial charge in [0.05, 0.1) is 4.92 Å². The zero-order valence-corrected chi connectivity index (χ0v) is 10.8. The highest BCUT2D eigenvalue weighted by Crippen LogP contribution is 2.11. The molecule has 0 saturated carbocycles. The van der Waals surface area contributed by atoms with E-state index in [1.807, 2.05) is 0 Å². The minimum atomic E-state index is -0.637. The van der Waals surface area contributed by atoms with Crippen molar-refractivity contribution in [2.75, 3.05) is 0 Å². The fourth-order valence-corrected chi connectivity index (χ4v) is 1.46. The predicted molar refractivity (Wildman–Crippen MR) is 69.3 cm³/mol. The summed E-state index contributed by atoms with van der Waals surface area (Å²) in [5.41, 5.74) is 4.38. The number of carbonyl (C=O) groups is 2. The van der Waals surface area contributed by atoms with Gasteiger partial charge in [-0.05, 0) is 19.1 Å². The van der Waals surface area contributed by atoms with Crippen LogP contribution in [0.5, 0.6) is 0 Å². The average Bonchev–Trinajstić information content (AvgIpc) is 2.91. The summed E-state index contributed by atoms with van der Waals surface area (Å²) in [4.78, 5) is 33.2. The number of hydrogen-bond donors (Lipinski definition) is 2. The molecule has 9 nitrogen and oxygen atoms in total. The van der Waals surface area contributed by atoms with Crippen LogP contribution in [0.1, 0.15) is 26.6 Å². The quantitative estimate of drug-likeness (QED) is 0.640. The number of benzene rings is 1. The maximum absolute atomic E-state index is 11.7. The standard InChI is InChI=1S/C12H10N4O5/c1-7-6-10(15-21-7)12(18)14-13-11(17)8-2-4-9(5-3-8)16(19)20/h2-6H,1H3,(H,13,17)(H,14,18). The van der Waals surface area contributed by atoms with Gasteiger partial charge in [0.15, 0.2) is 5.69 Å². The number of nitrogens with zero attached hydrogens (tertiary/aromatic N) is 2. The van der Waals surface area contributed by atoms with Gasteiger partial charge in [0.25, 0.3) is 17.5 Å². The van der Waals surface area contributed by atoms with E-state index in [2.05, 4.69) is 16.0 Å². The number of carbonyl (C=O) groups excluding carboxylic acids is 2. The van der Waals surface area contributed by atoms with Gasteiger partial charge >= 0.3 is 0 Å². The van der Waals surface area contributed by atoms with Gasteiger partial charge in [0.2, 0.25) is 0 Å². The fraction of sp³-hybridized carbons (Fsp3) is 0.0833. The van der Waals surface area contributed by atoms with Gasteiger partial charge in [-0.25, -0.2) is 0 Å². The van der Waals surface area contributed by atoms with Crippen molar-refractivity contribution in [2.45, 2.75) is 6.92 Å². The second-order valence-corrected chi connectivity index (χ2v) is 4.04. The molecule has 1 heterocycles. The molecule has 1 aromatic heterocycles. The number of aromatic nitrogens is 1. The van der Waals surface area contributed by atoms with Crippen molar-refractivity contribution < 1.29 is 19.0 Å². The smallest absolute Gasteiger partial charge is 0.291 e. The van der Waals surface area contributed by atoms with Crippen LogP contribution in [-0.2, 0) is 0 Å². The molecule has 2 amide bonds. The third-order valence-corrected chi connectivity index (χ3v) is 2.49. The van der Waals surface area contributed by atoms with Crippen LogP contribution in [0.3, 0.4) is 0 Å². The average molecular weight is 290 g/mol. The van der Waals surface area contributed by atoms with E-state index in [1.165, 1.54) is 30.3 Å². The van der Waals surface area contributed by atoms with Crippen LogP contribution in [-0.4, -0.2) is 21.9 Å². The molecule has 0 fully saturated rings. The molecular weight excluding hydrogens is 280 g/mol. The molecule has 21 heavy (non-hydrogen) atoms. The Morgan fingerprint density at radius 3 is 2.33 bits per heavy atom. The van der Waals surface area contributed by atoms with Crippen LogP contribution in [0.4, 0.5) is 5.69 Å². The Kier molecular flexibility index (Phi) is 3.93. The summed E-state index contributed by atoms with van der Waals surface area (Å²) < 4.78 is 4.73. The summed E-state index contributed by atoms with van der Waals surface area (Å²) in [6.45, 7) is 1.62. The number of hydrazine groups is 1. The van der Waals surface area contributed by atoms with Crippen molar-refractivity contribution in [2.24, 2.45) is 0 Å². The van der Waals surface area contributed by atoms with E-state index < -0.39 is 16.7 Å². The lowest BCUT2D eigenvalue weighted by Crippen LogP contribution is -2.41. The molecule has 1 aromatic carbocycles. The van der Waals surface area contributed by atoms with Gasteiger partial charge in [-0.2, -0.15) is 0 Å². The van der Waals surface area contributed by atoms with Crippen LogP contribution in [0.15, 0.2) is 34.9 Å². The van der Waals surface area contributed by atoms with Crippen molar-refractivity contribution in [1.82, 2.24) is 16.0 Å². The maximum atomic E-state index is 11.7. The molecule has 9 heteroatoms. The van der Waals surface area contributed by atoms with Crippen LogP contribution in [0.25, 0.3) is 0 Å². The molecule has 0 bridgehead atoms. The summed E-state index contributed by atoms with van der Waals surface area (Å²) >= 11 is 0. The largest absolute Gasteiger partial charge is 0.361 e. The fourth-order valence-electron chi connectivity index (χ4n) is 1.46. The Morgan fingerprint density at radius 1 is 1.19 bits per heavy atom. The van der Waals surface area contributed by atoms with Crippen molar-refractivity contribution in [3.63, 3.8) is 0 Å². The first kappa shape index (κ1) is 14.2. The molecule has 108 valence electrons. The van der Waals surface area contributed by atoms with E-state index in [0.717, 1.165) is 0 Å². The molecule has 0 spiro atoms. The summed E-state index contributed by atoms with van der Waals surface area (Å²) in [5, 5.41) is 14.0. The van der Waals surface area contributed by atoms with Crippen LogP contribution < -0.4 is 10.9 Å². The van der Waals surface area contributed by atoms with E-state index in [4.69, 9.17) is 4.52 Å². The lowest BCUT2D eigenvalue weighted by Gasteiger charge is -2.05. The Labute approximate surface area is 118 Å². The molecule has 0 radical (unpaired) electrons. The SMILES string of the molecule is Cc1cc(C(=O)NNC(=O)c2ccc([N+](=O)[O-])cc2)no1. The molecule has 2 rings (SSSR count). The number of aryl methyl sites for hydroxylation is 1. The number of nitrogens with one attached hydrogen (secondary N) is 2. The second-order valence-electron chi connectivity index (χ2n) is 4.04. The maximum Gasteiger partial charge on any atom is 0.291 e. The van der Waals surface area contributed by atoms with Gasteiger partial charge in [-0.1, -0.05) is 5.16 Å². The third-order valence-electron chi connectivity index (χ3n) is 2.49. The van der Waals surface area contributed by atoms with Gasteiger partial charge in [-0.15, -0.1) is 0 Å². The number of rotatable bonds is 3. The highest BCUT2D eigenvalue weighted by molar-refractivity contribution is 5.98. The molecule has 0 saturated heterocycles. The monoisotopic (exact) mass is 290 g/mol. The lowest BCUT2D eigenvalue weighted by atomic mass is 10.2. The molecule has 0 aliphatic heterocycles. The minimum Gasteiger partial charge on any atom is -0.361 e. The van der Waals surface area contributed by atoms with Gasteiger partial charge in [0.1, 0.15) is 5.76 Å². The van der Waals surface area contributed by atoms with E-state index in [1.54, 1.807) is 6.92 Å². The highest BCUT2D eigenvalue weighted by Gasteiger charge is 2.13. The van der Waals surface area contributed by atoms with E-state index >= 15 is 0 Å². The van der Waals surface area contributed by atoms with E-state index in [0.29, 0.717) is 5.76 Å². The van der Waals surface area contributed by atoms with Crippen molar-refractivity contribution in [3.8, 4) is 0 Å². The molecular formula is C12H10N4O5. The van der Waals surface area contributed by atoms with E-state index in [-0.39, 0.29) is 16.9 Å². The Morgan fingerprint density at radius 2 is 1.81 bits per heavy atom. The first-order valence-corrected chi connectivity index (χ1v) is 5.76. The summed E-state index contributed by atoms with van der Waals surface area (Å²) in [5.74, 6) is -0.789. The summed E-state index contributed by atoms with van der Waals surface area (Å²) in [7, 11) is 0. The van der Waals surface area contributed by atoms with Crippen LogP contribution in [0.2, 0.25) is 0 Å². The van der Waals surface area contributed by atoms with Gasteiger partial charge in [0, 0.05) is 23.8 Å². The lowest BCUT2D eigenvalue weighted by molar-refractivity contribution is -0.384. The normalized spacial score (nSPS) is 9.95. The van der Waals surface area contributed by atoms with Crippen molar-refractivity contribution >= 4 is 17.5 Å². The Bertz CT molecular complexity index is 692. The van der Waals surface area contributed by atoms with Gasteiger partial charge in [-0.3, -0.25) is 30.6 Å². The molecule has 2 aromatic rings. The number of hydrogen-bond acceptors (Lipinski definition) is 6. The van der Waals surface area contributed by atoms with Crippen molar-refractivity contribution in [1.29, 1.82) is 0 Å². The van der Waals surface area contributed by atoms with Crippen LogP contribution >= 0.6 is 0 Å². The molecule has 0 aliphatic carbocycles. The zero-order chi connectivity index (χ0) is 15.4. The third kappa shape index (κ3) is 3.41. The number of amides is 2. The zero-order valence-electron chi connectivity index (χ0n) is 10.8. The number of nitro benzene ring substituents is 1. The van der Waals surface area contributed by atoms with Gasteiger partial charge < -0.3 is 4.52 Å². The first-order valence-electron chi connectivity index (χ1n) is 5.76. The molecule has 0 unspecified atom stereocenters. The second kappa shape index (κ2) is 5.82. The highest BCUT2D eigenvalue weighted by atomic mass is 16.6. The van der Waals surface area contributed by atoms with Crippen molar-refractivity contribution in [3.05, 3.63) is 57.5 Å². The number of non-ortho nitro benzene ring substituents is 1. The van der Waals surface area contributed by atoms with E-state index in [9.17, 15) is 19.7 Å². The Hall–Kier alpha value is -3.23. The summed E-state index contributed by atoms with van der Waals surface area (Å²) in [6.07, 6.45) is 0. The van der Waals surface area contributed by atoms with Crippen LogP contribution in [0, 0.1) is 17.0 Å².